The van der Waals surface area contributed by atoms with E-state index in [1.165, 1.54) is 0 Å². The lowest BCUT2D eigenvalue weighted by Crippen LogP contribution is -2.40. The van der Waals surface area contributed by atoms with Crippen molar-refractivity contribution in [2.75, 3.05) is 6.54 Å². The van der Waals surface area contributed by atoms with Crippen LogP contribution >= 0.6 is 23.2 Å². The van der Waals surface area contributed by atoms with E-state index in [4.69, 9.17) is 23.2 Å². The molecule has 1 amide bonds. The molecule has 1 saturated heterocycles. The van der Waals surface area contributed by atoms with Gasteiger partial charge in [0.25, 0.3) is 0 Å². The quantitative estimate of drug-likeness (QED) is 0.882. The summed E-state index contributed by atoms with van der Waals surface area (Å²) in [6.45, 7) is 0.528. The van der Waals surface area contributed by atoms with Crippen LogP contribution in [0.1, 0.15) is 31.2 Å². The molecule has 1 aliphatic heterocycles. The molecule has 0 radical (unpaired) electrons. The van der Waals surface area contributed by atoms with Crippen molar-refractivity contribution in [3.63, 3.8) is 0 Å². The van der Waals surface area contributed by atoms with Crippen LogP contribution in [0.4, 0.5) is 0 Å². The summed E-state index contributed by atoms with van der Waals surface area (Å²) in [4.78, 5) is 11.6. The third kappa shape index (κ3) is 2.12. The molecule has 2 fully saturated rings. The van der Waals surface area contributed by atoms with Crippen molar-refractivity contribution in [2.24, 2.45) is 5.92 Å². The molecule has 2 atom stereocenters. The van der Waals surface area contributed by atoms with Gasteiger partial charge in [0.1, 0.15) is 6.10 Å². The number of carbonyl (C=O) groups is 1. The summed E-state index contributed by atoms with van der Waals surface area (Å²) in [5.74, 6) is -0.351. The monoisotopic (exact) mass is 313 g/mol. The SMILES string of the molecule is O=C1NCC(C2(c3ccc(Cl)c(Cl)c3)CCCC2)[C@@H]1O. The van der Waals surface area contributed by atoms with Gasteiger partial charge in [-0.15, -0.1) is 0 Å². The molecular weight excluding hydrogens is 297 g/mol. The first-order valence-corrected chi connectivity index (χ1v) is 7.71. The van der Waals surface area contributed by atoms with Crippen LogP contribution in [0.15, 0.2) is 18.2 Å². The Morgan fingerprint density at radius 2 is 1.90 bits per heavy atom. The maximum Gasteiger partial charge on any atom is 0.249 e. The lowest BCUT2D eigenvalue weighted by Gasteiger charge is -2.37. The average molecular weight is 314 g/mol. The minimum atomic E-state index is -0.928. The second-order valence-electron chi connectivity index (χ2n) is 5.79. The van der Waals surface area contributed by atoms with E-state index in [-0.39, 0.29) is 17.2 Å². The fourth-order valence-corrected chi connectivity index (χ4v) is 4.09. The van der Waals surface area contributed by atoms with Crippen LogP contribution in [0.2, 0.25) is 10.0 Å². The highest BCUT2D eigenvalue weighted by Crippen LogP contribution is 2.49. The van der Waals surface area contributed by atoms with Gasteiger partial charge >= 0.3 is 0 Å². The Hall–Kier alpha value is -0.770. The number of aliphatic hydroxyl groups excluding tert-OH is 1. The molecule has 0 aromatic heterocycles. The standard InChI is InChI=1S/C15H17Cl2NO2/c16-11-4-3-9(7-12(11)17)15(5-1-2-6-15)10-8-18-14(20)13(10)19/h3-4,7,10,13,19H,1-2,5-6,8H2,(H,18,20)/t10?,13-/m0/s1. The number of nitrogens with one attached hydrogen (secondary N) is 1. The van der Waals surface area contributed by atoms with Crippen LogP contribution in [-0.4, -0.2) is 23.7 Å². The molecule has 1 aromatic rings. The summed E-state index contributed by atoms with van der Waals surface area (Å²) in [6, 6.07) is 5.68. The van der Waals surface area contributed by atoms with Crippen molar-refractivity contribution < 1.29 is 9.90 Å². The number of carbonyl (C=O) groups excluding carboxylic acids is 1. The highest BCUT2D eigenvalue weighted by molar-refractivity contribution is 6.42. The molecule has 2 aliphatic rings. The molecule has 3 rings (SSSR count). The normalized spacial score (nSPS) is 28.6. The average Bonchev–Trinajstić information content (AvgIpc) is 3.03. The first-order chi connectivity index (χ1) is 9.54. The molecule has 1 unspecified atom stereocenters. The highest BCUT2D eigenvalue weighted by atomic mass is 35.5. The van der Waals surface area contributed by atoms with Gasteiger partial charge < -0.3 is 10.4 Å². The molecule has 1 heterocycles. The van der Waals surface area contributed by atoms with Crippen molar-refractivity contribution in [3.05, 3.63) is 33.8 Å². The molecule has 3 nitrogen and oxygen atoms in total. The molecule has 108 valence electrons. The zero-order chi connectivity index (χ0) is 14.3. The van der Waals surface area contributed by atoms with E-state index in [0.29, 0.717) is 16.6 Å². The van der Waals surface area contributed by atoms with E-state index in [1.54, 1.807) is 6.07 Å². The van der Waals surface area contributed by atoms with Gasteiger partial charge in [0.2, 0.25) is 5.91 Å². The Kier molecular flexibility index (Phi) is 3.69. The van der Waals surface area contributed by atoms with Crippen molar-refractivity contribution in [3.8, 4) is 0 Å². The van der Waals surface area contributed by atoms with E-state index in [9.17, 15) is 9.90 Å². The maximum atomic E-state index is 11.6. The van der Waals surface area contributed by atoms with Crippen LogP contribution in [0.3, 0.4) is 0 Å². The number of halogens is 2. The van der Waals surface area contributed by atoms with Crippen LogP contribution in [0, 0.1) is 5.92 Å². The molecule has 0 spiro atoms. The number of amides is 1. The maximum absolute atomic E-state index is 11.6. The second kappa shape index (κ2) is 5.21. The Labute approximate surface area is 128 Å². The lowest BCUT2D eigenvalue weighted by atomic mass is 9.67. The number of rotatable bonds is 2. The van der Waals surface area contributed by atoms with Gasteiger partial charge in [-0.1, -0.05) is 42.1 Å². The first-order valence-electron chi connectivity index (χ1n) is 6.96. The van der Waals surface area contributed by atoms with E-state index >= 15 is 0 Å². The number of benzene rings is 1. The topological polar surface area (TPSA) is 49.3 Å². The van der Waals surface area contributed by atoms with Crippen LogP contribution < -0.4 is 5.32 Å². The number of hydrogen-bond acceptors (Lipinski definition) is 2. The van der Waals surface area contributed by atoms with E-state index < -0.39 is 6.10 Å². The van der Waals surface area contributed by atoms with E-state index in [0.717, 1.165) is 31.2 Å². The Bertz CT molecular complexity index is 541. The van der Waals surface area contributed by atoms with Gasteiger partial charge in [-0.25, -0.2) is 0 Å². The van der Waals surface area contributed by atoms with Gasteiger partial charge in [0, 0.05) is 17.9 Å². The minimum Gasteiger partial charge on any atom is -0.383 e. The van der Waals surface area contributed by atoms with Crippen LogP contribution in [0.5, 0.6) is 0 Å². The van der Waals surface area contributed by atoms with Crippen molar-refractivity contribution in [2.45, 2.75) is 37.2 Å². The Morgan fingerprint density at radius 1 is 1.20 bits per heavy atom. The second-order valence-corrected chi connectivity index (χ2v) is 6.60. The Balaban J connectivity index is 2.03. The van der Waals surface area contributed by atoms with Gasteiger partial charge in [0.15, 0.2) is 0 Å². The molecule has 1 saturated carbocycles. The zero-order valence-electron chi connectivity index (χ0n) is 11.0. The predicted octanol–water partition coefficient (Wildman–Crippen LogP) is 2.91. The van der Waals surface area contributed by atoms with E-state index in [1.807, 2.05) is 12.1 Å². The van der Waals surface area contributed by atoms with Gasteiger partial charge in [-0.2, -0.15) is 0 Å². The molecule has 2 N–H and O–H groups in total. The summed E-state index contributed by atoms with van der Waals surface area (Å²) < 4.78 is 0. The summed E-state index contributed by atoms with van der Waals surface area (Å²) in [6.07, 6.45) is 3.24. The highest BCUT2D eigenvalue weighted by Gasteiger charge is 2.50. The van der Waals surface area contributed by atoms with E-state index in [2.05, 4.69) is 5.32 Å². The molecular formula is C15H17Cl2NO2. The van der Waals surface area contributed by atoms with Gasteiger partial charge in [-0.3, -0.25) is 4.79 Å². The van der Waals surface area contributed by atoms with Gasteiger partial charge in [0.05, 0.1) is 10.0 Å². The summed E-state index contributed by atoms with van der Waals surface area (Å²) >= 11 is 12.1. The van der Waals surface area contributed by atoms with Crippen molar-refractivity contribution in [1.29, 1.82) is 0 Å². The summed E-state index contributed by atoms with van der Waals surface area (Å²) in [5.41, 5.74) is 0.914. The fraction of sp³-hybridized carbons (Fsp3) is 0.533. The smallest absolute Gasteiger partial charge is 0.249 e. The molecule has 0 bridgehead atoms. The number of hydrogen-bond donors (Lipinski definition) is 2. The van der Waals surface area contributed by atoms with Crippen molar-refractivity contribution >= 4 is 29.1 Å². The molecule has 20 heavy (non-hydrogen) atoms. The molecule has 1 aromatic carbocycles. The minimum absolute atomic E-state index is 0.0882. The Morgan fingerprint density at radius 3 is 2.45 bits per heavy atom. The molecule has 5 heteroatoms. The predicted molar refractivity (Wildman–Crippen MR) is 79.1 cm³/mol. The largest absolute Gasteiger partial charge is 0.383 e. The van der Waals surface area contributed by atoms with Crippen LogP contribution in [-0.2, 0) is 10.2 Å². The van der Waals surface area contributed by atoms with Crippen molar-refractivity contribution in [1.82, 2.24) is 5.32 Å². The van der Waals surface area contributed by atoms with Gasteiger partial charge in [-0.05, 0) is 30.5 Å². The number of aliphatic hydroxyl groups is 1. The fourth-order valence-electron chi connectivity index (χ4n) is 3.79. The summed E-state index contributed by atoms with van der Waals surface area (Å²) in [7, 11) is 0. The molecule has 1 aliphatic carbocycles. The third-order valence-corrected chi connectivity index (χ3v) is 5.59. The third-order valence-electron chi connectivity index (χ3n) is 4.85. The van der Waals surface area contributed by atoms with Crippen LogP contribution in [0.25, 0.3) is 0 Å². The first kappa shape index (κ1) is 14.2. The lowest BCUT2D eigenvalue weighted by molar-refractivity contribution is -0.127. The zero-order valence-corrected chi connectivity index (χ0v) is 12.5. The summed E-state index contributed by atoms with van der Waals surface area (Å²) in [5, 5.41) is 14.0.